The molecule has 0 aliphatic heterocycles. The van der Waals surface area contributed by atoms with E-state index < -0.39 is 0 Å². The van der Waals surface area contributed by atoms with Gasteiger partial charge in [-0.2, -0.15) is 0 Å². The van der Waals surface area contributed by atoms with Crippen LogP contribution in [0, 0.1) is 0 Å². The van der Waals surface area contributed by atoms with Gasteiger partial charge in [-0.15, -0.1) is 0 Å². The van der Waals surface area contributed by atoms with E-state index in [1.165, 1.54) is 0 Å². The second-order valence-electron chi connectivity index (χ2n) is 5.75. The van der Waals surface area contributed by atoms with Crippen molar-refractivity contribution in [3.05, 3.63) is 75.5 Å². The van der Waals surface area contributed by atoms with Gasteiger partial charge in [0.25, 0.3) is 0 Å². The van der Waals surface area contributed by atoms with Crippen molar-refractivity contribution in [1.82, 2.24) is 15.0 Å². The van der Waals surface area contributed by atoms with E-state index in [2.05, 4.69) is 20.3 Å². The molecular formula is C19H13Cl3N4. The molecule has 3 heterocycles. The molecule has 2 N–H and O–H groups in total. The summed E-state index contributed by atoms with van der Waals surface area (Å²) in [5, 5.41) is 6.05. The van der Waals surface area contributed by atoms with Gasteiger partial charge in [0.1, 0.15) is 11.5 Å². The van der Waals surface area contributed by atoms with E-state index in [1.54, 1.807) is 12.3 Å². The molecule has 1 aromatic carbocycles. The Hall–Kier alpha value is -2.27. The molecule has 0 unspecified atom stereocenters. The van der Waals surface area contributed by atoms with Crippen LogP contribution in [0.4, 0.5) is 5.82 Å². The van der Waals surface area contributed by atoms with Crippen LogP contribution in [0.25, 0.3) is 22.3 Å². The summed E-state index contributed by atoms with van der Waals surface area (Å²) < 4.78 is 0. The summed E-state index contributed by atoms with van der Waals surface area (Å²) in [6.45, 7) is 0.549. The van der Waals surface area contributed by atoms with Crippen LogP contribution in [0.15, 0.2) is 54.9 Å². The van der Waals surface area contributed by atoms with Gasteiger partial charge in [-0.3, -0.25) is 0 Å². The fraction of sp³-hybridized carbons (Fsp3) is 0.0526. The number of halogens is 3. The standard InChI is InChI=1S/C19H13Cl3N4/c20-12-5-4-11(16(22)7-12)8-23-18-3-1-2-17(26-18)15-10-25-19-14(15)6-13(21)9-24-19/h1-7,9-10H,8H2,(H,23,26)(H,24,25). The maximum Gasteiger partial charge on any atom is 0.138 e. The van der Waals surface area contributed by atoms with E-state index in [4.69, 9.17) is 34.8 Å². The zero-order valence-corrected chi connectivity index (χ0v) is 15.7. The van der Waals surface area contributed by atoms with E-state index in [1.807, 2.05) is 42.6 Å². The Balaban J connectivity index is 1.61. The summed E-state index contributed by atoms with van der Waals surface area (Å²) in [4.78, 5) is 12.1. The second kappa shape index (κ2) is 7.16. The number of pyridine rings is 2. The minimum absolute atomic E-state index is 0.549. The highest BCUT2D eigenvalue weighted by Gasteiger charge is 2.10. The third-order valence-corrected chi connectivity index (χ3v) is 4.79. The third-order valence-electron chi connectivity index (χ3n) is 4.00. The normalized spacial score (nSPS) is 11.0. The molecule has 0 radical (unpaired) electrons. The highest BCUT2D eigenvalue weighted by Crippen LogP contribution is 2.29. The van der Waals surface area contributed by atoms with Crippen LogP contribution in [-0.2, 0) is 6.54 Å². The lowest BCUT2D eigenvalue weighted by Gasteiger charge is -2.09. The molecule has 0 atom stereocenters. The van der Waals surface area contributed by atoms with Gasteiger partial charge in [0.05, 0.1) is 10.7 Å². The van der Waals surface area contributed by atoms with Gasteiger partial charge in [-0.25, -0.2) is 9.97 Å². The number of H-pyrrole nitrogens is 1. The van der Waals surface area contributed by atoms with Crippen molar-refractivity contribution in [3.63, 3.8) is 0 Å². The predicted molar refractivity (Wildman–Crippen MR) is 108 cm³/mol. The summed E-state index contributed by atoms with van der Waals surface area (Å²) >= 11 is 18.2. The summed E-state index contributed by atoms with van der Waals surface area (Å²) in [5.74, 6) is 0.748. The van der Waals surface area contributed by atoms with E-state index >= 15 is 0 Å². The van der Waals surface area contributed by atoms with Crippen molar-refractivity contribution < 1.29 is 0 Å². The van der Waals surface area contributed by atoms with Crippen LogP contribution in [0.5, 0.6) is 0 Å². The Morgan fingerprint density at radius 3 is 2.73 bits per heavy atom. The van der Waals surface area contributed by atoms with E-state index in [-0.39, 0.29) is 0 Å². The molecule has 0 saturated carbocycles. The first kappa shape index (κ1) is 17.2. The summed E-state index contributed by atoms with van der Waals surface area (Å²) in [6, 6.07) is 13.1. The molecule has 0 spiro atoms. The lowest BCUT2D eigenvalue weighted by molar-refractivity contribution is 1.11. The van der Waals surface area contributed by atoms with Crippen LogP contribution in [0.3, 0.4) is 0 Å². The number of nitrogens with zero attached hydrogens (tertiary/aromatic N) is 2. The maximum absolute atomic E-state index is 6.22. The smallest absolute Gasteiger partial charge is 0.138 e. The van der Waals surface area contributed by atoms with Crippen LogP contribution in [0.2, 0.25) is 15.1 Å². The van der Waals surface area contributed by atoms with Crippen molar-refractivity contribution in [2.24, 2.45) is 0 Å². The summed E-state index contributed by atoms with van der Waals surface area (Å²) in [6.07, 6.45) is 3.50. The van der Waals surface area contributed by atoms with Crippen molar-refractivity contribution in [2.45, 2.75) is 6.54 Å². The van der Waals surface area contributed by atoms with Crippen molar-refractivity contribution >= 4 is 51.7 Å². The molecule has 0 bridgehead atoms. The molecule has 26 heavy (non-hydrogen) atoms. The predicted octanol–water partition coefficient (Wildman–Crippen LogP) is 6.20. The number of benzene rings is 1. The number of aromatic amines is 1. The molecule has 130 valence electrons. The molecule has 0 aliphatic rings. The molecule has 7 heteroatoms. The number of aromatic nitrogens is 3. The number of nitrogens with one attached hydrogen (secondary N) is 2. The second-order valence-corrected chi connectivity index (χ2v) is 7.03. The highest BCUT2D eigenvalue weighted by molar-refractivity contribution is 6.35. The average molecular weight is 404 g/mol. The summed E-state index contributed by atoms with van der Waals surface area (Å²) in [7, 11) is 0. The molecular weight excluding hydrogens is 391 g/mol. The molecule has 0 fully saturated rings. The molecule has 0 amide bonds. The Morgan fingerprint density at radius 2 is 1.88 bits per heavy atom. The largest absolute Gasteiger partial charge is 0.366 e. The third kappa shape index (κ3) is 3.49. The fourth-order valence-electron chi connectivity index (χ4n) is 2.72. The molecule has 4 aromatic rings. The topological polar surface area (TPSA) is 53.6 Å². The lowest BCUT2D eigenvalue weighted by atomic mass is 10.1. The highest BCUT2D eigenvalue weighted by atomic mass is 35.5. The Morgan fingerprint density at radius 1 is 1.00 bits per heavy atom. The molecule has 3 aromatic heterocycles. The van der Waals surface area contributed by atoms with Crippen molar-refractivity contribution in [3.8, 4) is 11.3 Å². The number of hydrogen-bond donors (Lipinski definition) is 2. The zero-order valence-electron chi connectivity index (χ0n) is 13.4. The van der Waals surface area contributed by atoms with Crippen molar-refractivity contribution in [1.29, 1.82) is 0 Å². The lowest BCUT2D eigenvalue weighted by Crippen LogP contribution is -2.02. The van der Waals surface area contributed by atoms with Gasteiger partial charge in [0.2, 0.25) is 0 Å². The van der Waals surface area contributed by atoms with Crippen LogP contribution in [0.1, 0.15) is 5.56 Å². The number of fused-ring (bicyclic) bond motifs is 1. The van der Waals surface area contributed by atoms with Crippen LogP contribution >= 0.6 is 34.8 Å². The van der Waals surface area contributed by atoms with Gasteiger partial charge < -0.3 is 10.3 Å². The first-order valence-electron chi connectivity index (χ1n) is 7.88. The van der Waals surface area contributed by atoms with Crippen molar-refractivity contribution in [2.75, 3.05) is 5.32 Å². The van der Waals surface area contributed by atoms with Gasteiger partial charge >= 0.3 is 0 Å². The monoisotopic (exact) mass is 402 g/mol. The first-order valence-corrected chi connectivity index (χ1v) is 9.01. The SMILES string of the molecule is Clc1ccc(CNc2cccc(-c3c[nH]c4ncc(Cl)cc34)n2)c(Cl)c1. The Bertz CT molecular complexity index is 1090. The fourth-order valence-corrected chi connectivity index (χ4v) is 3.36. The van der Waals surface area contributed by atoms with E-state index in [9.17, 15) is 0 Å². The van der Waals surface area contributed by atoms with E-state index in [0.29, 0.717) is 21.6 Å². The number of hydrogen-bond acceptors (Lipinski definition) is 3. The van der Waals surface area contributed by atoms with E-state index in [0.717, 1.165) is 33.7 Å². The number of rotatable bonds is 4. The van der Waals surface area contributed by atoms with Gasteiger partial charge in [0.15, 0.2) is 0 Å². The Kier molecular flexibility index (Phi) is 4.72. The molecule has 0 aliphatic carbocycles. The maximum atomic E-state index is 6.22. The minimum atomic E-state index is 0.549. The Labute approximate surface area is 165 Å². The minimum Gasteiger partial charge on any atom is -0.366 e. The van der Waals surface area contributed by atoms with Gasteiger partial charge in [-0.1, -0.05) is 46.9 Å². The quantitative estimate of drug-likeness (QED) is 0.426. The average Bonchev–Trinajstić information content (AvgIpc) is 3.04. The first-order chi connectivity index (χ1) is 12.6. The summed E-state index contributed by atoms with van der Waals surface area (Å²) in [5.41, 5.74) is 3.50. The van der Waals surface area contributed by atoms with Crippen LogP contribution < -0.4 is 5.32 Å². The molecule has 4 rings (SSSR count). The molecule has 0 saturated heterocycles. The van der Waals surface area contributed by atoms with Gasteiger partial charge in [-0.05, 0) is 35.9 Å². The molecule has 4 nitrogen and oxygen atoms in total. The van der Waals surface area contributed by atoms with Crippen LogP contribution in [-0.4, -0.2) is 15.0 Å². The number of anilines is 1. The van der Waals surface area contributed by atoms with Gasteiger partial charge in [0, 0.05) is 39.9 Å². The zero-order chi connectivity index (χ0) is 18.1.